The highest BCUT2D eigenvalue weighted by atomic mass is 79.9. The second-order valence-corrected chi connectivity index (χ2v) is 14.1. The molecule has 7 nitrogen and oxygen atoms in total. The van der Waals surface area contributed by atoms with Gasteiger partial charge in [0.05, 0.1) is 10.6 Å². The molecule has 0 aromatic heterocycles. The molecule has 0 aliphatic carbocycles. The average Bonchev–Trinajstić information content (AvgIpc) is 2.99. The number of carbonyl (C=O) groups excluding carboxylic acids is 2. The van der Waals surface area contributed by atoms with Crippen LogP contribution in [0.3, 0.4) is 0 Å². The highest BCUT2D eigenvalue weighted by molar-refractivity contribution is 9.10. The summed E-state index contributed by atoms with van der Waals surface area (Å²) in [6.45, 7) is 3.04. The van der Waals surface area contributed by atoms with Gasteiger partial charge in [-0.1, -0.05) is 99.8 Å². The number of hydrogen-bond acceptors (Lipinski definition) is 4. The Morgan fingerprint density at radius 1 is 0.864 bits per heavy atom. The van der Waals surface area contributed by atoms with Crippen LogP contribution in [-0.4, -0.2) is 43.8 Å². The number of anilines is 1. The highest BCUT2D eigenvalue weighted by Crippen LogP contribution is 2.28. The number of rotatable bonds is 12. The van der Waals surface area contributed by atoms with Crippen molar-refractivity contribution in [3.8, 4) is 0 Å². The third-order valence-electron chi connectivity index (χ3n) is 6.76. The number of carbonyl (C=O) groups is 2. The van der Waals surface area contributed by atoms with Gasteiger partial charge in [0.25, 0.3) is 10.0 Å². The Morgan fingerprint density at radius 2 is 1.52 bits per heavy atom. The fourth-order valence-electron chi connectivity index (χ4n) is 4.65. The molecule has 4 aromatic carbocycles. The second kappa shape index (κ2) is 15.1. The van der Waals surface area contributed by atoms with Crippen molar-refractivity contribution in [3.63, 3.8) is 0 Å². The monoisotopic (exact) mass is 715 g/mol. The van der Waals surface area contributed by atoms with E-state index in [1.54, 1.807) is 60.7 Å². The molecule has 1 N–H and O–H groups in total. The zero-order chi connectivity index (χ0) is 31.9. The molecule has 0 radical (unpaired) electrons. The van der Waals surface area contributed by atoms with Crippen molar-refractivity contribution in [1.29, 1.82) is 0 Å². The number of sulfonamides is 1. The highest BCUT2D eigenvalue weighted by Gasteiger charge is 2.35. The van der Waals surface area contributed by atoms with Gasteiger partial charge in [-0.2, -0.15) is 0 Å². The molecule has 230 valence electrons. The summed E-state index contributed by atoms with van der Waals surface area (Å²) in [5.41, 5.74) is 1.67. The maximum absolute atomic E-state index is 14.5. The Hall–Kier alpha value is -3.37. The Kier molecular flexibility index (Phi) is 11.5. The van der Waals surface area contributed by atoms with Crippen molar-refractivity contribution in [1.82, 2.24) is 10.2 Å². The van der Waals surface area contributed by atoms with Gasteiger partial charge in [-0.3, -0.25) is 13.9 Å². The lowest BCUT2D eigenvalue weighted by Gasteiger charge is -2.34. The van der Waals surface area contributed by atoms with Crippen LogP contribution in [0.25, 0.3) is 0 Å². The molecule has 0 fully saturated rings. The van der Waals surface area contributed by atoms with E-state index in [9.17, 15) is 18.0 Å². The van der Waals surface area contributed by atoms with E-state index >= 15 is 0 Å². The molecular weight excluding hydrogens is 685 g/mol. The molecule has 0 aliphatic rings. The summed E-state index contributed by atoms with van der Waals surface area (Å²) in [7, 11) is -4.19. The smallest absolute Gasteiger partial charge is 0.264 e. The summed E-state index contributed by atoms with van der Waals surface area (Å²) in [5.74, 6) is -0.961. The molecule has 0 spiro atoms. The van der Waals surface area contributed by atoms with Crippen molar-refractivity contribution in [2.75, 3.05) is 10.8 Å². The van der Waals surface area contributed by atoms with E-state index in [-0.39, 0.29) is 35.5 Å². The summed E-state index contributed by atoms with van der Waals surface area (Å²) in [4.78, 5) is 29.6. The first kappa shape index (κ1) is 33.5. The van der Waals surface area contributed by atoms with Gasteiger partial charge in [0, 0.05) is 33.5 Å². The van der Waals surface area contributed by atoms with Crippen molar-refractivity contribution in [2.24, 2.45) is 0 Å². The van der Waals surface area contributed by atoms with Gasteiger partial charge >= 0.3 is 0 Å². The predicted molar refractivity (Wildman–Crippen MR) is 179 cm³/mol. The van der Waals surface area contributed by atoms with Crippen LogP contribution < -0.4 is 9.62 Å². The topological polar surface area (TPSA) is 86.8 Å². The largest absolute Gasteiger partial charge is 0.352 e. The van der Waals surface area contributed by atoms with E-state index in [1.165, 1.54) is 17.0 Å². The summed E-state index contributed by atoms with van der Waals surface area (Å²) < 4.78 is 29.7. The van der Waals surface area contributed by atoms with Crippen LogP contribution in [-0.2, 0) is 32.6 Å². The molecule has 4 aromatic rings. The molecule has 11 heteroatoms. The van der Waals surface area contributed by atoms with E-state index in [0.29, 0.717) is 20.1 Å². The third-order valence-corrected chi connectivity index (χ3v) is 9.63. The first-order chi connectivity index (χ1) is 21.0. The first-order valence-electron chi connectivity index (χ1n) is 13.9. The van der Waals surface area contributed by atoms with Crippen LogP contribution in [0.1, 0.15) is 25.0 Å². The molecular formula is C33H32BrCl2N3O4S. The van der Waals surface area contributed by atoms with Gasteiger partial charge < -0.3 is 10.2 Å². The van der Waals surface area contributed by atoms with Gasteiger partial charge in [-0.05, 0) is 67.4 Å². The Morgan fingerprint density at radius 3 is 2.14 bits per heavy atom. The number of benzene rings is 4. The summed E-state index contributed by atoms with van der Waals surface area (Å²) in [6.07, 6.45) is 0.193. The maximum Gasteiger partial charge on any atom is 0.264 e. The minimum atomic E-state index is -4.19. The Labute approximate surface area is 277 Å². The van der Waals surface area contributed by atoms with Crippen LogP contribution in [0.4, 0.5) is 5.69 Å². The quantitative estimate of drug-likeness (QED) is 0.169. The fourth-order valence-corrected chi connectivity index (χ4v) is 6.93. The number of nitrogens with zero attached hydrogens (tertiary/aromatic N) is 2. The van der Waals surface area contributed by atoms with Crippen LogP contribution >= 0.6 is 39.1 Å². The molecule has 0 aliphatic heterocycles. The van der Waals surface area contributed by atoms with E-state index in [0.717, 1.165) is 9.87 Å². The molecule has 0 bridgehead atoms. The molecule has 0 saturated heterocycles. The average molecular weight is 718 g/mol. The van der Waals surface area contributed by atoms with Crippen LogP contribution in [0.15, 0.2) is 112 Å². The lowest BCUT2D eigenvalue weighted by molar-refractivity contribution is -0.140. The van der Waals surface area contributed by atoms with Crippen molar-refractivity contribution < 1.29 is 18.0 Å². The van der Waals surface area contributed by atoms with Gasteiger partial charge in [-0.15, -0.1) is 0 Å². The molecule has 2 amide bonds. The van der Waals surface area contributed by atoms with E-state index < -0.39 is 28.5 Å². The van der Waals surface area contributed by atoms with Gasteiger partial charge in [0.2, 0.25) is 11.8 Å². The number of halogens is 3. The SMILES string of the molecule is CC(C)NC(=O)[C@@H](Cc1ccccc1)N(Cc1ccc(Cl)cc1Cl)C(=O)CN(c1cccc(Br)c1)S(=O)(=O)c1ccccc1. The minimum Gasteiger partial charge on any atom is -0.352 e. The molecule has 4 rings (SSSR count). The zero-order valence-electron chi connectivity index (χ0n) is 24.2. The summed E-state index contributed by atoms with van der Waals surface area (Å²) in [5, 5.41) is 3.67. The van der Waals surface area contributed by atoms with Gasteiger partial charge in [-0.25, -0.2) is 8.42 Å². The number of hydrogen-bond donors (Lipinski definition) is 1. The van der Waals surface area contributed by atoms with E-state index in [2.05, 4.69) is 21.2 Å². The lowest BCUT2D eigenvalue weighted by Crippen LogP contribution is -2.54. The normalized spacial score (nSPS) is 12.0. The molecule has 0 unspecified atom stereocenters. The Balaban J connectivity index is 1.82. The molecule has 44 heavy (non-hydrogen) atoms. The van der Waals surface area contributed by atoms with Crippen LogP contribution in [0.5, 0.6) is 0 Å². The molecule has 1 atom stereocenters. The second-order valence-electron chi connectivity index (χ2n) is 10.4. The van der Waals surface area contributed by atoms with Gasteiger partial charge in [0.1, 0.15) is 12.6 Å². The minimum absolute atomic E-state index is 0.0263. The van der Waals surface area contributed by atoms with Crippen molar-refractivity contribution in [2.45, 2.75) is 43.8 Å². The number of nitrogens with one attached hydrogen (secondary N) is 1. The zero-order valence-corrected chi connectivity index (χ0v) is 28.1. The lowest BCUT2D eigenvalue weighted by atomic mass is 10.0. The summed E-state index contributed by atoms with van der Waals surface area (Å²) in [6, 6.07) is 27.7. The molecule has 0 heterocycles. The molecule has 0 saturated carbocycles. The Bertz CT molecular complexity index is 1710. The third kappa shape index (κ3) is 8.63. The standard InChI is InChI=1S/C33H32BrCl2N3O4S/c1-23(2)37-33(41)31(18-24-10-5-3-6-11-24)38(21-25-16-17-27(35)20-30(25)36)32(40)22-39(28-13-9-12-26(34)19-28)44(42,43)29-14-7-4-8-15-29/h3-17,19-20,23,31H,18,21-22H2,1-2H3,(H,37,41)/t31-/m1/s1. The van der Waals surface area contributed by atoms with Crippen LogP contribution in [0.2, 0.25) is 10.0 Å². The predicted octanol–water partition coefficient (Wildman–Crippen LogP) is 7.12. The van der Waals surface area contributed by atoms with Crippen LogP contribution in [0, 0.1) is 0 Å². The van der Waals surface area contributed by atoms with E-state index in [1.807, 2.05) is 44.2 Å². The number of amides is 2. The van der Waals surface area contributed by atoms with Crippen molar-refractivity contribution >= 4 is 66.7 Å². The summed E-state index contributed by atoms with van der Waals surface area (Å²) >= 11 is 16.1. The van der Waals surface area contributed by atoms with Crippen molar-refractivity contribution in [3.05, 3.63) is 129 Å². The fraction of sp³-hybridized carbons (Fsp3) is 0.212. The first-order valence-corrected chi connectivity index (χ1v) is 16.9. The maximum atomic E-state index is 14.5. The van der Waals surface area contributed by atoms with E-state index in [4.69, 9.17) is 23.2 Å². The van der Waals surface area contributed by atoms with Gasteiger partial charge in [0.15, 0.2) is 0 Å².